The second kappa shape index (κ2) is 34.7. The van der Waals surface area contributed by atoms with Gasteiger partial charge in [0.15, 0.2) is 34.9 Å². The molecule has 0 saturated heterocycles. The lowest BCUT2D eigenvalue weighted by atomic mass is 9.97. The van der Waals surface area contributed by atoms with Crippen LogP contribution >= 0.6 is 15.9 Å². The van der Waals surface area contributed by atoms with Crippen LogP contribution in [0.25, 0.3) is 218 Å². The van der Waals surface area contributed by atoms with Crippen molar-refractivity contribution in [2.24, 2.45) is 0 Å². The molecule has 0 unspecified atom stereocenters. The Kier molecular flexibility index (Phi) is 21.0. The number of nitrogens with one attached hydrogen (secondary N) is 1. The van der Waals surface area contributed by atoms with Gasteiger partial charge in [-0.25, -0.2) is 29.9 Å². The fourth-order valence-electron chi connectivity index (χ4n) is 18.1. The summed E-state index contributed by atoms with van der Waals surface area (Å²) in [5.41, 5.74) is 29.7. The van der Waals surface area contributed by atoms with Crippen molar-refractivity contribution in [2.75, 3.05) is 0 Å². The highest BCUT2D eigenvalue weighted by molar-refractivity contribution is 9.10. The van der Waals surface area contributed by atoms with Crippen LogP contribution in [0, 0.1) is 0 Å². The molecule has 0 aliphatic carbocycles. The van der Waals surface area contributed by atoms with Gasteiger partial charge in [0, 0.05) is 104 Å². The van der Waals surface area contributed by atoms with E-state index in [2.05, 4.69) is 386 Å². The Hall–Kier alpha value is -16.9. The lowest BCUT2D eigenvalue weighted by molar-refractivity contribution is 1.07. The Bertz CT molecular complexity index is 8050. The third-order valence-electron chi connectivity index (χ3n) is 23.8. The van der Waals surface area contributed by atoms with Crippen LogP contribution in [0.2, 0.25) is 0 Å². The van der Waals surface area contributed by atoms with Gasteiger partial charge in [-0.05, 0) is 129 Å². The van der Waals surface area contributed by atoms with Crippen LogP contribution in [0.3, 0.4) is 0 Å². The lowest BCUT2D eigenvalue weighted by Crippen LogP contribution is -2.02. The summed E-state index contributed by atoms with van der Waals surface area (Å²) in [5, 5.41) is 7.29. The second-order valence-electron chi connectivity index (χ2n) is 31.8. The minimum absolute atomic E-state index is 0.601. The highest BCUT2D eigenvalue weighted by Gasteiger charge is 2.29. The van der Waals surface area contributed by atoms with E-state index in [1.165, 1.54) is 71.3 Å². The number of aromatic nitrogens is 10. The van der Waals surface area contributed by atoms with E-state index >= 15 is 0 Å². The molecule has 0 aliphatic rings. The van der Waals surface area contributed by atoms with Gasteiger partial charge < -0.3 is 18.7 Å². The van der Waals surface area contributed by atoms with E-state index in [0.29, 0.717) is 34.9 Å². The molecule has 10 nitrogen and oxygen atoms in total. The first-order chi connectivity index (χ1) is 63.9. The van der Waals surface area contributed by atoms with E-state index in [1.807, 2.05) is 121 Å². The molecule has 0 atom stereocenters. The summed E-state index contributed by atoms with van der Waals surface area (Å²) in [6.07, 6.45) is 0. The van der Waals surface area contributed by atoms with Gasteiger partial charge in [-0.15, -0.1) is 0 Å². The normalized spacial score (nSPS) is 11.3. The number of hydrogen-bond acceptors (Lipinski definition) is 6. The van der Waals surface area contributed by atoms with Gasteiger partial charge in [0.1, 0.15) is 0 Å². The van der Waals surface area contributed by atoms with Gasteiger partial charge in [0.2, 0.25) is 0 Å². The van der Waals surface area contributed by atoms with Crippen molar-refractivity contribution in [1.29, 1.82) is 0 Å². The topological polar surface area (TPSA) is 108 Å². The molecule has 1 N–H and O–H groups in total. The van der Waals surface area contributed by atoms with Crippen molar-refractivity contribution < 1.29 is 0 Å². The van der Waals surface area contributed by atoms with Gasteiger partial charge in [-0.1, -0.05) is 404 Å². The quantitative estimate of drug-likeness (QED) is 0.110. The molecule has 6 heterocycles. The van der Waals surface area contributed by atoms with Gasteiger partial charge in [-0.3, -0.25) is 0 Å². The first-order valence-electron chi connectivity index (χ1n) is 43.3. The maximum absolute atomic E-state index is 5.23. The lowest BCUT2D eigenvalue weighted by Gasteiger charge is -2.15. The van der Waals surface area contributed by atoms with Crippen LogP contribution in [0.4, 0.5) is 0 Å². The number of aromatic amines is 1. The summed E-state index contributed by atoms with van der Waals surface area (Å²) in [6.45, 7) is 0. The standard InChI is InChI=1S/C59H39N5.C32H22N2.C27H18BrN3/c1-7-21-40(22-8-1)45-37-46(59-61-57(43-27-13-4-14-28-43)60-58(62-59)44-29-15-5-16-30-44)39-48(38-45)64-51-34-20-19-33-49(51)50-35-36-52-54(56(50)64)53(41-23-9-2-10-24-41)55(42-25-11-3-12-26-42)63(52)47-31-17-6-18-32-47;1-4-12-22(13-5-1)29-30-28(21-20-26-25-18-10-11-19-27(25)33-31(26)30)34(24-16-8-3-9-17-24)32(29)23-14-6-2-7-15-23;28-24-17-22(19-10-4-1-5-11-19)16-23(18-24)27-30-25(20-12-6-2-7-13-20)29-26(31-27)21-14-8-3-9-15-21/h1-39H;1-21,33H;1-18H. The van der Waals surface area contributed by atoms with Crippen molar-refractivity contribution in [3.8, 4) is 152 Å². The molecular formula is C118H79BrN10. The molecule has 608 valence electrons. The molecule has 0 radical (unpaired) electrons. The van der Waals surface area contributed by atoms with Gasteiger partial charge in [-0.2, -0.15) is 0 Å². The molecule has 24 aromatic rings. The number of halogens is 1. The summed E-state index contributed by atoms with van der Waals surface area (Å²) in [7, 11) is 0. The zero-order chi connectivity index (χ0) is 85.9. The highest BCUT2D eigenvalue weighted by atomic mass is 79.9. The van der Waals surface area contributed by atoms with Crippen molar-refractivity contribution in [2.45, 2.75) is 0 Å². The molecule has 0 saturated carbocycles. The molecule has 0 fully saturated rings. The average Bonchev–Trinajstić information content (AvgIpc) is 1.45. The fourth-order valence-corrected chi connectivity index (χ4v) is 18.5. The summed E-state index contributed by atoms with van der Waals surface area (Å²) < 4.78 is 8.31. The third kappa shape index (κ3) is 15.2. The van der Waals surface area contributed by atoms with Crippen LogP contribution in [-0.2, 0) is 0 Å². The number of para-hydroxylation sites is 4. The second-order valence-corrected chi connectivity index (χ2v) is 32.7. The van der Waals surface area contributed by atoms with Crippen molar-refractivity contribution in [1.82, 2.24) is 48.6 Å². The Morgan fingerprint density at radius 2 is 0.496 bits per heavy atom. The van der Waals surface area contributed by atoms with Crippen molar-refractivity contribution in [3.63, 3.8) is 0 Å². The third-order valence-corrected chi connectivity index (χ3v) is 24.3. The highest BCUT2D eigenvalue weighted by Crippen LogP contribution is 2.51. The first kappa shape index (κ1) is 78.1. The predicted octanol–water partition coefficient (Wildman–Crippen LogP) is 30.8. The van der Waals surface area contributed by atoms with Crippen LogP contribution < -0.4 is 0 Å². The van der Waals surface area contributed by atoms with Crippen LogP contribution in [0.5, 0.6) is 0 Å². The number of hydrogen-bond donors (Lipinski definition) is 1. The number of H-pyrrole nitrogens is 1. The van der Waals surface area contributed by atoms with E-state index in [-0.39, 0.29) is 0 Å². The van der Waals surface area contributed by atoms with E-state index in [1.54, 1.807) is 0 Å². The summed E-state index contributed by atoms with van der Waals surface area (Å²) >= 11 is 3.66. The van der Waals surface area contributed by atoms with Crippen LogP contribution in [0.15, 0.2) is 478 Å². The van der Waals surface area contributed by atoms with E-state index in [4.69, 9.17) is 29.9 Å². The molecule has 0 aliphatic heterocycles. The molecule has 18 aromatic carbocycles. The van der Waals surface area contributed by atoms with E-state index in [0.717, 1.165) is 116 Å². The summed E-state index contributed by atoms with van der Waals surface area (Å²) in [5.74, 6) is 3.81. The molecule has 11 heteroatoms. The summed E-state index contributed by atoms with van der Waals surface area (Å²) in [6, 6.07) is 165. The zero-order valence-corrected chi connectivity index (χ0v) is 71.5. The number of nitrogens with zero attached hydrogens (tertiary/aromatic N) is 9. The van der Waals surface area contributed by atoms with Gasteiger partial charge in [0.05, 0.1) is 39.0 Å². The minimum Gasteiger partial charge on any atom is -0.354 e. The van der Waals surface area contributed by atoms with E-state index in [9.17, 15) is 0 Å². The molecule has 0 amide bonds. The minimum atomic E-state index is 0.601. The average molecular weight is 1720 g/mol. The van der Waals surface area contributed by atoms with Crippen LogP contribution in [-0.4, -0.2) is 48.6 Å². The zero-order valence-electron chi connectivity index (χ0n) is 69.9. The molecule has 24 rings (SSSR count). The monoisotopic (exact) mass is 1710 g/mol. The Morgan fingerprint density at radius 3 is 0.922 bits per heavy atom. The Morgan fingerprint density at radius 1 is 0.194 bits per heavy atom. The molecule has 0 spiro atoms. The predicted molar refractivity (Wildman–Crippen MR) is 536 cm³/mol. The van der Waals surface area contributed by atoms with Gasteiger partial charge >= 0.3 is 0 Å². The molecule has 6 aromatic heterocycles. The Balaban J connectivity index is 0.000000126. The number of fused-ring (bicyclic) bond motifs is 10. The fraction of sp³-hybridized carbons (Fsp3) is 0. The smallest absolute Gasteiger partial charge is 0.164 e. The SMILES string of the molecule is Brc1cc(-c2ccccc2)cc(-c2nc(-c3ccccc3)nc(-c3ccccc3)n2)c1.c1ccc(-c2c(-c3ccccc3)n(-c3ccccc3)c3ccc4c5ccccc5[nH]c4c23)cc1.c1ccc(-c2cc(-c3nc(-c4ccccc4)nc(-c4ccccc4)n3)cc(-n3c4ccccc4c4ccc5c(c(-c6ccccc6)c(-c6ccccc6)n5-c5ccccc5)c43)c2)cc1. The largest absolute Gasteiger partial charge is 0.354 e. The van der Waals surface area contributed by atoms with Crippen LogP contribution in [0.1, 0.15) is 0 Å². The number of benzene rings is 18. The molecular weight excluding hydrogens is 1640 g/mol. The molecule has 0 bridgehead atoms. The Labute approximate surface area is 754 Å². The van der Waals surface area contributed by atoms with Crippen molar-refractivity contribution in [3.05, 3.63) is 478 Å². The first-order valence-corrected chi connectivity index (χ1v) is 44.0. The molecule has 129 heavy (non-hydrogen) atoms. The van der Waals surface area contributed by atoms with Crippen molar-refractivity contribution >= 4 is 81.3 Å². The maximum Gasteiger partial charge on any atom is 0.164 e. The number of rotatable bonds is 15. The maximum atomic E-state index is 5.23. The van der Waals surface area contributed by atoms with Gasteiger partial charge in [0.25, 0.3) is 0 Å². The van der Waals surface area contributed by atoms with E-state index < -0.39 is 0 Å². The summed E-state index contributed by atoms with van der Waals surface area (Å²) in [4.78, 5) is 33.7.